The maximum atomic E-state index is 5.06. The highest BCUT2D eigenvalue weighted by Gasteiger charge is 2.20. The van der Waals surface area contributed by atoms with Crippen LogP contribution in [0.4, 0.5) is 0 Å². The monoisotopic (exact) mass is 421 g/mol. The van der Waals surface area contributed by atoms with Crippen LogP contribution in [0.5, 0.6) is 0 Å². The second-order valence-electron chi connectivity index (χ2n) is 11.1. The zero-order chi connectivity index (χ0) is 23.5. The molecule has 1 heteroatoms. The molecule has 1 nitrogen and oxygen atoms in total. The van der Waals surface area contributed by atoms with Gasteiger partial charge in [0.25, 0.3) is 0 Å². The number of rotatable bonds is 9. The molecular formula is C30H47N. The second-order valence-corrected chi connectivity index (χ2v) is 11.1. The van der Waals surface area contributed by atoms with Crippen LogP contribution in [0.1, 0.15) is 157 Å². The van der Waals surface area contributed by atoms with Crippen LogP contribution in [0.3, 0.4) is 0 Å². The van der Waals surface area contributed by atoms with E-state index >= 15 is 0 Å². The number of aryl methyl sites for hydroxylation is 1. The summed E-state index contributed by atoms with van der Waals surface area (Å²) < 4.78 is 0. The van der Waals surface area contributed by atoms with E-state index in [1.165, 1.54) is 52.0 Å². The summed E-state index contributed by atoms with van der Waals surface area (Å²) in [6.07, 6.45) is 2.41. The average Bonchev–Trinajstić information content (AvgIpc) is 2.70. The summed E-state index contributed by atoms with van der Waals surface area (Å²) in [4.78, 5) is 5.06. The Hall–Kier alpha value is -1.63. The normalized spacial score (nSPS) is 14.2. The Morgan fingerprint density at radius 2 is 1.03 bits per heavy atom. The minimum Gasteiger partial charge on any atom is -0.257 e. The molecule has 1 aromatic carbocycles. The Morgan fingerprint density at radius 1 is 0.548 bits per heavy atom. The molecule has 1 aromatic heterocycles. The molecule has 2 atom stereocenters. The predicted octanol–water partition coefficient (Wildman–Crippen LogP) is 9.57. The molecule has 0 amide bonds. The van der Waals surface area contributed by atoms with Crippen molar-refractivity contribution in [2.24, 2.45) is 0 Å². The van der Waals surface area contributed by atoms with Crippen LogP contribution < -0.4 is 0 Å². The standard InChI is InChI=1S/C30H47N/c1-18(2)25-14-26(19(3)4)16-27(15-25)22(9)12-13-23(10)29-17-28(20(5)6)24(11)31-30(29)21(7)8/h14-23H,12-13H2,1-11H3. The molecular weight excluding hydrogens is 374 g/mol. The minimum absolute atomic E-state index is 0.464. The first kappa shape index (κ1) is 25.6. The lowest BCUT2D eigenvalue weighted by Gasteiger charge is -2.24. The van der Waals surface area contributed by atoms with Gasteiger partial charge in [0.15, 0.2) is 0 Å². The van der Waals surface area contributed by atoms with Gasteiger partial charge in [-0.15, -0.1) is 0 Å². The Labute approximate surface area is 193 Å². The van der Waals surface area contributed by atoms with Crippen molar-refractivity contribution in [2.75, 3.05) is 0 Å². The van der Waals surface area contributed by atoms with Gasteiger partial charge >= 0.3 is 0 Å². The second kappa shape index (κ2) is 10.8. The topological polar surface area (TPSA) is 12.9 Å². The van der Waals surface area contributed by atoms with Crippen molar-refractivity contribution in [1.29, 1.82) is 0 Å². The third-order valence-electron chi connectivity index (χ3n) is 6.95. The van der Waals surface area contributed by atoms with Crippen LogP contribution in [-0.4, -0.2) is 4.98 Å². The maximum absolute atomic E-state index is 5.06. The molecule has 0 N–H and O–H groups in total. The summed E-state index contributed by atoms with van der Waals surface area (Å²) >= 11 is 0. The van der Waals surface area contributed by atoms with Crippen LogP contribution in [0.25, 0.3) is 0 Å². The van der Waals surface area contributed by atoms with Crippen LogP contribution in [0.15, 0.2) is 24.3 Å². The van der Waals surface area contributed by atoms with Gasteiger partial charge in [-0.1, -0.05) is 93.5 Å². The number of benzene rings is 1. The number of hydrogen-bond acceptors (Lipinski definition) is 1. The Kier molecular flexibility index (Phi) is 8.92. The van der Waals surface area contributed by atoms with Gasteiger partial charge < -0.3 is 0 Å². The lowest BCUT2D eigenvalue weighted by atomic mass is 9.83. The van der Waals surface area contributed by atoms with Gasteiger partial charge in [-0.3, -0.25) is 4.98 Å². The van der Waals surface area contributed by atoms with Gasteiger partial charge in [0, 0.05) is 11.4 Å². The van der Waals surface area contributed by atoms with Crippen LogP contribution >= 0.6 is 0 Å². The van der Waals surface area contributed by atoms with Gasteiger partial charge in [0.05, 0.1) is 0 Å². The quantitative estimate of drug-likeness (QED) is 0.392. The van der Waals surface area contributed by atoms with E-state index in [0.717, 1.165) is 0 Å². The molecule has 1 heterocycles. The Bertz CT molecular complexity index is 831. The fourth-order valence-corrected chi connectivity index (χ4v) is 4.57. The zero-order valence-corrected chi connectivity index (χ0v) is 22.1. The van der Waals surface area contributed by atoms with Crippen LogP contribution in [-0.2, 0) is 0 Å². The van der Waals surface area contributed by atoms with Crippen molar-refractivity contribution in [3.63, 3.8) is 0 Å². The molecule has 0 aliphatic heterocycles. The number of nitrogens with zero attached hydrogens (tertiary/aromatic N) is 1. The molecule has 172 valence electrons. The predicted molar refractivity (Wildman–Crippen MR) is 138 cm³/mol. The van der Waals surface area contributed by atoms with Crippen molar-refractivity contribution >= 4 is 0 Å². The SMILES string of the molecule is Cc1nc(C(C)C)c(C(C)CCC(C)c2cc(C(C)C)cc(C(C)C)c2)cc1C(C)C. The maximum Gasteiger partial charge on any atom is 0.0467 e. The molecule has 2 aromatic rings. The van der Waals surface area contributed by atoms with Crippen LogP contribution in [0.2, 0.25) is 0 Å². The van der Waals surface area contributed by atoms with E-state index in [-0.39, 0.29) is 0 Å². The fourth-order valence-electron chi connectivity index (χ4n) is 4.57. The van der Waals surface area contributed by atoms with E-state index in [0.29, 0.717) is 35.5 Å². The van der Waals surface area contributed by atoms with Crippen molar-refractivity contribution in [3.8, 4) is 0 Å². The van der Waals surface area contributed by atoms with E-state index in [9.17, 15) is 0 Å². The molecule has 0 aliphatic carbocycles. The van der Waals surface area contributed by atoms with Crippen molar-refractivity contribution in [1.82, 2.24) is 4.98 Å². The molecule has 0 bridgehead atoms. The number of pyridine rings is 1. The number of aromatic nitrogens is 1. The van der Waals surface area contributed by atoms with Gasteiger partial charge in [-0.25, -0.2) is 0 Å². The van der Waals surface area contributed by atoms with E-state index in [4.69, 9.17) is 4.98 Å². The van der Waals surface area contributed by atoms with Gasteiger partial charge in [-0.2, -0.15) is 0 Å². The minimum atomic E-state index is 0.464. The third kappa shape index (κ3) is 6.43. The summed E-state index contributed by atoms with van der Waals surface area (Å²) in [7, 11) is 0. The smallest absolute Gasteiger partial charge is 0.0467 e. The first-order valence-electron chi connectivity index (χ1n) is 12.6. The highest BCUT2D eigenvalue weighted by molar-refractivity contribution is 5.37. The summed E-state index contributed by atoms with van der Waals surface area (Å²) in [6.45, 7) is 25.3. The molecule has 0 radical (unpaired) electrons. The zero-order valence-electron chi connectivity index (χ0n) is 22.1. The Morgan fingerprint density at radius 3 is 1.48 bits per heavy atom. The van der Waals surface area contributed by atoms with Crippen molar-refractivity contribution < 1.29 is 0 Å². The van der Waals surface area contributed by atoms with E-state index in [1.807, 2.05) is 0 Å². The molecule has 0 saturated carbocycles. The molecule has 0 spiro atoms. The van der Waals surface area contributed by atoms with Gasteiger partial charge in [0.1, 0.15) is 0 Å². The summed E-state index contributed by atoms with van der Waals surface area (Å²) in [5.74, 6) is 3.24. The van der Waals surface area contributed by atoms with E-state index in [2.05, 4.69) is 100 Å². The number of hydrogen-bond donors (Lipinski definition) is 0. The highest BCUT2D eigenvalue weighted by Crippen LogP contribution is 2.35. The van der Waals surface area contributed by atoms with Crippen LogP contribution in [0, 0.1) is 6.92 Å². The van der Waals surface area contributed by atoms with Crippen molar-refractivity contribution in [3.05, 3.63) is 63.5 Å². The van der Waals surface area contributed by atoms with Gasteiger partial charge in [-0.05, 0) is 83.1 Å². The van der Waals surface area contributed by atoms with Gasteiger partial charge in [0.2, 0.25) is 0 Å². The average molecular weight is 422 g/mol. The first-order valence-corrected chi connectivity index (χ1v) is 12.6. The fraction of sp³-hybridized carbons (Fsp3) is 0.633. The highest BCUT2D eigenvalue weighted by atomic mass is 14.7. The lowest BCUT2D eigenvalue weighted by molar-refractivity contribution is 0.563. The summed E-state index contributed by atoms with van der Waals surface area (Å²) in [5.41, 5.74) is 9.84. The molecule has 0 aliphatic rings. The van der Waals surface area contributed by atoms with E-state index in [1.54, 1.807) is 0 Å². The summed E-state index contributed by atoms with van der Waals surface area (Å²) in [5, 5.41) is 0. The Balaban J connectivity index is 2.26. The lowest BCUT2D eigenvalue weighted by Crippen LogP contribution is -2.10. The molecule has 2 rings (SSSR count). The van der Waals surface area contributed by atoms with Crippen molar-refractivity contribution in [2.45, 2.75) is 125 Å². The summed E-state index contributed by atoms with van der Waals surface area (Å²) in [6, 6.07) is 9.79. The molecule has 2 unspecified atom stereocenters. The first-order chi connectivity index (χ1) is 14.4. The molecule has 0 saturated heterocycles. The molecule has 31 heavy (non-hydrogen) atoms. The van der Waals surface area contributed by atoms with E-state index < -0.39 is 0 Å². The third-order valence-corrected chi connectivity index (χ3v) is 6.95. The largest absolute Gasteiger partial charge is 0.257 e. The molecule has 0 fully saturated rings.